The molecule has 10 heavy (non-hydrogen) atoms. The molecule has 66 valence electrons. The van der Waals surface area contributed by atoms with Gasteiger partial charge in [-0.25, -0.2) is 0 Å². The van der Waals surface area contributed by atoms with E-state index in [1.54, 1.807) is 0 Å². The van der Waals surface area contributed by atoms with Crippen LogP contribution in [0, 0.1) is 0 Å². The average Bonchev–Trinajstić information content (AvgIpc) is 1.91. The summed E-state index contributed by atoms with van der Waals surface area (Å²) >= 11 is -0.472. The maximum atomic E-state index is 5.52. The molecule has 1 aliphatic rings. The van der Waals surface area contributed by atoms with Gasteiger partial charge in [0, 0.05) is 0 Å². The van der Waals surface area contributed by atoms with Crippen molar-refractivity contribution in [3.05, 3.63) is 0 Å². The molecule has 0 spiro atoms. The number of nitrogens with two attached hydrogens (primary N) is 1. The summed E-state index contributed by atoms with van der Waals surface area (Å²) in [5.74, 6) is 0. The van der Waals surface area contributed by atoms with Crippen molar-refractivity contribution < 1.29 is 16.5 Å². The molecule has 0 radical (unpaired) electrons. The Morgan fingerprint density at radius 1 is 1.40 bits per heavy atom. The van der Waals surface area contributed by atoms with Gasteiger partial charge in [-0.15, -0.1) is 0 Å². The van der Waals surface area contributed by atoms with Gasteiger partial charge in [0.25, 0.3) is 0 Å². The van der Waals surface area contributed by atoms with Gasteiger partial charge in [-0.1, -0.05) is 0 Å². The van der Waals surface area contributed by atoms with E-state index in [-0.39, 0.29) is 6.17 Å². The number of nitrogens with one attached hydrogen (secondary N) is 1. The van der Waals surface area contributed by atoms with E-state index in [0.717, 1.165) is 13.0 Å². The molecule has 1 heterocycles. The van der Waals surface area contributed by atoms with Crippen LogP contribution in [-0.4, -0.2) is 12.7 Å². The Balaban J connectivity index is 0.000000236. The van der Waals surface area contributed by atoms with E-state index < -0.39 is 16.5 Å². The molecule has 1 atom stereocenters. The maximum absolute atomic E-state index is 5.52. The molecule has 0 amide bonds. The van der Waals surface area contributed by atoms with Crippen molar-refractivity contribution in [2.24, 2.45) is 5.73 Å². The summed E-state index contributed by atoms with van der Waals surface area (Å²) in [6, 6.07) is 0. The molecular formula is C5H12Cl2N2Pt. The first-order valence-corrected chi connectivity index (χ1v) is 8.75. The van der Waals surface area contributed by atoms with E-state index in [1.807, 2.05) is 0 Å². The Kier molecular flexibility index (Phi) is 9.27. The van der Waals surface area contributed by atoms with Gasteiger partial charge in [0.05, 0.1) is 6.17 Å². The quantitative estimate of drug-likeness (QED) is 0.681. The molecule has 2 nitrogen and oxygen atoms in total. The molecule has 3 N–H and O–H groups in total. The molecule has 0 aromatic carbocycles. The van der Waals surface area contributed by atoms with E-state index in [2.05, 4.69) is 5.32 Å². The van der Waals surface area contributed by atoms with Gasteiger partial charge in [0.2, 0.25) is 0 Å². The van der Waals surface area contributed by atoms with Crippen LogP contribution in [0.25, 0.3) is 0 Å². The first kappa shape index (κ1) is 11.2. The number of hydrogen-bond acceptors (Lipinski definition) is 2. The van der Waals surface area contributed by atoms with Crippen LogP contribution in [0.5, 0.6) is 0 Å². The molecule has 0 unspecified atom stereocenters. The molecular weight excluding hydrogens is 354 g/mol. The van der Waals surface area contributed by atoms with E-state index in [9.17, 15) is 0 Å². The van der Waals surface area contributed by atoms with Crippen molar-refractivity contribution in [2.45, 2.75) is 25.4 Å². The standard InChI is InChI=1S/C5H12N2.2ClH.Pt/c6-5-3-1-2-4-7-5;;;/h5,7H,1-4,6H2;2*1H;/q;;;+2/p-2/t5-;;;/m0.../s1. The van der Waals surface area contributed by atoms with Gasteiger partial charge in [0.1, 0.15) is 0 Å². The number of piperidine rings is 1. The fraction of sp³-hybridized carbons (Fsp3) is 1.00. The zero-order valence-electron chi connectivity index (χ0n) is 5.56. The fourth-order valence-corrected chi connectivity index (χ4v) is 0.879. The number of hydrogen-bond donors (Lipinski definition) is 2. The monoisotopic (exact) mass is 365 g/mol. The molecule has 1 fully saturated rings. The summed E-state index contributed by atoms with van der Waals surface area (Å²) in [7, 11) is 9.75. The van der Waals surface area contributed by atoms with Crippen LogP contribution in [0.3, 0.4) is 0 Å². The van der Waals surface area contributed by atoms with Crippen molar-refractivity contribution in [1.29, 1.82) is 0 Å². The second-order valence-electron chi connectivity index (χ2n) is 2.10. The Labute approximate surface area is 78.2 Å². The molecule has 1 rings (SSSR count). The minimum atomic E-state index is -0.472. The van der Waals surface area contributed by atoms with Crippen LogP contribution in [-0.2, 0) is 16.5 Å². The summed E-state index contributed by atoms with van der Waals surface area (Å²) in [4.78, 5) is 0. The van der Waals surface area contributed by atoms with Gasteiger partial charge in [-0.2, -0.15) is 0 Å². The Bertz CT molecular complexity index is 68.7. The first-order chi connectivity index (χ1) is 4.81. The van der Waals surface area contributed by atoms with E-state index >= 15 is 0 Å². The predicted molar refractivity (Wildman–Crippen MR) is 41.5 cm³/mol. The van der Waals surface area contributed by atoms with Crippen molar-refractivity contribution in [2.75, 3.05) is 6.54 Å². The summed E-state index contributed by atoms with van der Waals surface area (Å²) < 4.78 is 0. The number of halogens is 2. The Hall–Kier alpha value is 1.19. The zero-order chi connectivity index (χ0) is 7.82. The van der Waals surface area contributed by atoms with Crippen LogP contribution < -0.4 is 11.1 Å². The minimum absolute atomic E-state index is 0.286. The normalized spacial score (nSPS) is 25.3. The van der Waals surface area contributed by atoms with Crippen molar-refractivity contribution >= 4 is 18.8 Å². The molecule has 0 aromatic rings. The van der Waals surface area contributed by atoms with Crippen LogP contribution >= 0.6 is 18.8 Å². The first-order valence-electron chi connectivity index (χ1n) is 3.12. The van der Waals surface area contributed by atoms with E-state index in [4.69, 9.17) is 24.6 Å². The third-order valence-corrected chi connectivity index (χ3v) is 1.35. The van der Waals surface area contributed by atoms with Gasteiger partial charge < -0.3 is 11.1 Å². The van der Waals surface area contributed by atoms with E-state index in [1.165, 1.54) is 12.8 Å². The van der Waals surface area contributed by atoms with Crippen molar-refractivity contribution in [3.63, 3.8) is 0 Å². The topological polar surface area (TPSA) is 38.0 Å². The van der Waals surface area contributed by atoms with Crippen LogP contribution in [0.15, 0.2) is 0 Å². The third kappa shape index (κ3) is 7.30. The van der Waals surface area contributed by atoms with Gasteiger partial charge in [-0.05, 0) is 25.8 Å². The van der Waals surface area contributed by atoms with E-state index in [0.29, 0.717) is 0 Å². The average molecular weight is 366 g/mol. The molecule has 0 aromatic heterocycles. The van der Waals surface area contributed by atoms with Crippen molar-refractivity contribution in [3.8, 4) is 0 Å². The Morgan fingerprint density at radius 3 is 2.20 bits per heavy atom. The van der Waals surface area contributed by atoms with Crippen LogP contribution in [0.2, 0.25) is 0 Å². The van der Waals surface area contributed by atoms with Crippen LogP contribution in [0.4, 0.5) is 0 Å². The fourth-order valence-electron chi connectivity index (χ4n) is 0.879. The molecule has 5 heteroatoms. The van der Waals surface area contributed by atoms with Gasteiger partial charge in [0.15, 0.2) is 0 Å². The van der Waals surface area contributed by atoms with Gasteiger partial charge >= 0.3 is 35.3 Å². The molecule has 1 aliphatic heterocycles. The predicted octanol–water partition coefficient (Wildman–Crippen LogP) is 1.42. The molecule has 1 saturated heterocycles. The second kappa shape index (κ2) is 8.29. The third-order valence-electron chi connectivity index (χ3n) is 1.35. The van der Waals surface area contributed by atoms with Crippen molar-refractivity contribution in [1.82, 2.24) is 5.32 Å². The molecule has 0 bridgehead atoms. The zero-order valence-corrected chi connectivity index (χ0v) is 9.34. The SMILES string of the molecule is N[C@@H]1CCCCN1.[Cl][Pt][Cl]. The van der Waals surface area contributed by atoms with Gasteiger partial charge in [-0.3, -0.25) is 0 Å². The number of rotatable bonds is 0. The molecule has 0 saturated carbocycles. The summed E-state index contributed by atoms with van der Waals surface area (Å²) in [5.41, 5.74) is 5.52. The summed E-state index contributed by atoms with van der Waals surface area (Å²) in [5, 5.41) is 3.16. The summed E-state index contributed by atoms with van der Waals surface area (Å²) in [6.07, 6.45) is 4.04. The second-order valence-corrected chi connectivity index (χ2v) is 5.38. The van der Waals surface area contributed by atoms with Crippen LogP contribution in [0.1, 0.15) is 19.3 Å². The Morgan fingerprint density at radius 2 is 2.00 bits per heavy atom. The molecule has 0 aliphatic carbocycles. The summed E-state index contributed by atoms with van der Waals surface area (Å²) in [6.45, 7) is 1.11.